The van der Waals surface area contributed by atoms with Crippen LogP contribution in [-0.2, 0) is 19.6 Å². The third kappa shape index (κ3) is 2.15. The molecule has 0 aliphatic carbocycles. The Hall–Kier alpha value is -2.40. The Morgan fingerprint density at radius 2 is 2.00 bits per heavy atom. The maximum Gasteiger partial charge on any atom is 0.147 e. The molecule has 0 spiro atoms. The zero-order chi connectivity index (χ0) is 14.2. The van der Waals surface area contributed by atoms with Crippen molar-refractivity contribution in [1.82, 2.24) is 19.7 Å². The van der Waals surface area contributed by atoms with Crippen molar-refractivity contribution in [3.8, 4) is 5.75 Å². The van der Waals surface area contributed by atoms with Gasteiger partial charge in [0.1, 0.15) is 17.9 Å². The zero-order valence-electron chi connectivity index (χ0n) is 11.6. The van der Waals surface area contributed by atoms with Crippen molar-refractivity contribution in [2.24, 2.45) is 0 Å². The van der Waals surface area contributed by atoms with Crippen LogP contribution in [-0.4, -0.2) is 31.3 Å². The fraction of sp³-hybridized carbons (Fsp3) is 0.250. The normalized spacial score (nSPS) is 15.2. The lowest BCUT2D eigenvalue weighted by Gasteiger charge is -2.27. The molecule has 5 heteroatoms. The molecule has 0 atom stereocenters. The van der Waals surface area contributed by atoms with Gasteiger partial charge in [0.15, 0.2) is 0 Å². The second kappa shape index (κ2) is 4.86. The van der Waals surface area contributed by atoms with E-state index in [0.29, 0.717) is 5.75 Å². The van der Waals surface area contributed by atoms with Gasteiger partial charge in [-0.2, -0.15) is 0 Å². The zero-order valence-corrected chi connectivity index (χ0v) is 11.6. The van der Waals surface area contributed by atoms with Crippen LogP contribution in [0.2, 0.25) is 0 Å². The summed E-state index contributed by atoms with van der Waals surface area (Å²) in [5.74, 6) is 1.35. The molecule has 0 unspecified atom stereocenters. The summed E-state index contributed by atoms with van der Waals surface area (Å²) in [5.41, 5.74) is 0.987. The van der Waals surface area contributed by atoms with Gasteiger partial charge < -0.3 is 9.67 Å². The van der Waals surface area contributed by atoms with E-state index in [-0.39, 0.29) is 0 Å². The first-order valence-corrected chi connectivity index (χ1v) is 7.10. The molecule has 0 radical (unpaired) electrons. The quantitative estimate of drug-likeness (QED) is 0.781. The second-order valence-corrected chi connectivity index (χ2v) is 5.44. The first-order valence-electron chi connectivity index (χ1n) is 7.10. The standard InChI is InChI=1S/C16H16N4O/c21-15-6-5-12-3-1-2-4-13(12)14(15)9-19-7-8-20-11-17-18-16(20)10-19/h1-6,11,21H,7-10H2. The summed E-state index contributed by atoms with van der Waals surface area (Å²) < 4.78 is 2.08. The van der Waals surface area contributed by atoms with Gasteiger partial charge in [0, 0.05) is 25.2 Å². The molecule has 2 heterocycles. The van der Waals surface area contributed by atoms with E-state index in [1.54, 1.807) is 12.4 Å². The lowest BCUT2D eigenvalue weighted by Crippen LogP contribution is -2.33. The monoisotopic (exact) mass is 280 g/mol. The number of aromatic nitrogens is 3. The minimum absolute atomic E-state index is 0.362. The van der Waals surface area contributed by atoms with Gasteiger partial charge in [0.2, 0.25) is 0 Å². The van der Waals surface area contributed by atoms with Gasteiger partial charge in [-0.05, 0) is 16.8 Å². The van der Waals surface area contributed by atoms with Crippen LogP contribution >= 0.6 is 0 Å². The minimum Gasteiger partial charge on any atom is -0.508 e. The Balaban J connectivity index is 1.67. The largest absolute Gasteiger partial charge is 0.508 e. The Kier molecular flexibility index (Phi) is 2.86. The van der Waals surface area contributed by atoms with Crippen molar-refractivity contribution in [2.45, 2.75) is 19.6 Å². The van der Waals surface area contributed by atoms with Crippen molar-refractivity contribution >= 4 is 10.8 Å². The van der Waals surface area contributed by atoms with E-state index in [1.165, 1.54) is 0 Å². The fourth-order valence-electron chi connectivity index (χ4n) is 2.97. The predicted molar refractivity (Wildman–Crippen MR) is 79.7 cm³/mol. The Bertz CT molecular complexity index is 796. The summed E-state index contributed by atoms with van der Waals surface area (Å²) >= 11 is 0. The molecule has 106 valence electrons. The van der Waals surface area contributed by atoms with Gasteiger partial charge in [-0.3, -0.25) is 4.90 Å². The van der Waals surface area contributed by atoms with Crippen LogP contribution in [0.25, 0.3) is 10.8 Å². The van der Waals surface area contributed by atoms with Crippen molar-refractivity contribution in [3.63, 3.8) is 0 Å². The lowest BCUT2D eigenvalue weighted by atomic mass is 10.0. The first kappa shape index (κ1) is 12.3. The van der Waals surface area contributed by atoms with E-state index >= 15 is 0 Å². The number of benzene rings is 2. The number of phenolic OH excluding ortho intramolecular Hbond substituents is 1. The topological polar surface area (TPSA) is 54.2 Å². The van der Waals surface area contributed by atoms with E-state index in [2.05, 4.69) is 31.8 Å². The SMILES string of the molecule is Oc1ccc2ccccc2c1CN1CCn2cnnc2C1. The minimum atomic E-state index is 0.362. The molecule has 2 aromatic carbocycles. The molecule has 21 heavy (non-hydrogen) atoms. The van der Waals surface area contributed by atoms with E-state index in [9.17, 15) is 5.11 Å². The third-order valence-corrected chi connectivity index (χ3v) is 4.12. The van der Waals surface area contributed by atoms with Gasteiger partial charge in [0.05, 0.1) is 6.54 Å². The Morgan fingerprint density at radius 1 is 1.10 bits per heavy atom. The van der Waals surface area contributed by atoms with E-state index in [1.807, 2.05) is 18.2 Å². The number of phenols is 1. The Morgan fingerprint density at radius 3 is 2.95 bits per heavy atom. The molecule has 3 aromatic rings. The number of hydrogen-bond acceptors (Lipinski definition) is 4. The molecule has 0 fully saturated rings. The molecule has 1 N–H and O–H groups in total. The van der Waals surface area contributed by atoms with Gasteiger partial charge in [0.25, 0.3) is 0 Å². The summed E-state index contributed by atoms with van der Waals surface area (Å²) in [5, 5.41) is 20.6. The summed E-state index contributed by atoms with van der Waals surface area (Å²) in [4.78, 5) is 2.30. The summed E-state index contributed by atoms with van der Waals surface area (Å²) in [6.45, 7) is 3.32. The highest BCUT2D eigenvalue weighted by Gasteiger charge is 2.19. The predicted octanol–water partition coefficient (Wildman–Crippen LogP) is 2.15. The molecule has 1 aliphatic rings. The highest BCUT2D eigenvalue weighted by atomic mass is 16.3. The van der Waals surface area contributed by atoms with Crippen LogP contribution in [0.1, 0.15) is 11.4 Å². The number of hydrogen-bond donors (Lipinski definition) is 1. The Labute approximate surface area is 122 Å². The molecule has 0 saturated heterocycles. The van der Waals surface area contributed by atoms with Crippen LogP contribution in [0.3, 0.4) is 0 Å². The van der Waals surface area contributed by atoms with Crippen LogP contribution in [0.5, 0.6) is 5.75 Å². The van der Waals surface area contributed by atoms with Crippen molar-refractivity contribution in [2.75, 3.05) is 6.54 Å². The van der Waals surface area contributed by atoms with E-state index in [0.717, 1.165) is 48.3 Å². The molecule has 0 amide bonds. The molecular weight excluding hydrogens is 264 g/mol. The fourth-order valence-corrected chi connectivity index (χ4v) is 2.97. The number of fused-ring (bicyclic) bond motifs is 2. The molecule has 1 aliphatic heterocycles. The smallest absolute Gasteiger partial charge is 0.147 e. The van der Waals surface area contributed by atoms with Crippen LogP contribution in [0, 0.1) is 0 Å². The molecule has 4 rings (SSSR count). The van der Waals surface area contributed by atoms with Crippen molar-refractivity contribution < 1.29 is 5.11 Å². The highest BCUT2D eigenvalue weighted by Crippen LogP contribution is 2.29. The molecule has 0 saturated carbocycles. The average molecular weight is 280 g/mol. The number of nitrogens with zero attached hydrogens (tertiary/aromatic N) is 4. The third-order valence-electron chi connectivity index (χ3n) is 4.12. The summed E-state index contributed by atoms with van der Waals surface area (Å²) in [6, 6.07) is 11.9. The second-order valence-electron chi connectivity index (χ2n) is 5.44. The van der Waals surface area contributed by atoms with E-state index in [4.69, 9.17) is 0 Å². The summed E-state index contributed by atoms with van der Waals surface area (Å²) in [6.07, 6.45) is 1.78. The average Bonchev–Trinajstić information content (AvgIpc) is 2.98. The molecule has 0 bridgehead atoms. The van der Waals surface area contributed by atoms with Gasteiger partial charge in [-0.1, -0.05) is 30.3 Å². The molecular formula is C16H16N4O. The van der Waals surface area contributed by atoms with Gasteiger partial charge >= 0.3 is 0 Å². The van der Waals surface area contributed by atoms with E-state index < -0.39 is 0 Å². The number of rotatable bonds is 2. The maximum atomic E-state index is 10.2. The van der Waals surface area contributed by atoms with Gasteiger partial charge in [-0.25, -0.2) is 0 Å². The van der Waals surface area contributed by atoms with Crippen LogP contribution in [0.15, 0.2) is 42.7 Å². The maximum absolute atomic E-state index is 10.2. The number of aromatic hydroxyl groups is 1. The van der Waals surface area contributed by atoms with Crippen molar-refractivity contribution in [1.29, 1.82) is 0 Å². The first-order chi connectivity index (χ1) is 10.3. The molecule has 5 nitrogen and oxygen atoms in total. The van der Waals surface area contributed by atoms with Crippen molar-refractivity contribution in [3.05, 3.63) is 54.1 Å². The highest BCUT2D eigenvalue weighted by molar-refractivity contribution is 5.87. The van der Waals surface area contributed by atoms with Crippen LogP contribution in [0.4, 0.5) is 0 Å². The van der Waals surface area contributed by atoms with Gasteiger partial charge in [-0.15, -0.1) is 10.2 Å². The lowest BCUT2D eigenvalue weighted by molar-refractivity contribution is 0.207. The van der Waals surface area contributed by atoms with Crippen LogP contribution < -0.4 is 0 Å². The molecule has 1 aromatic heterocycles. The summed E-state index contributed by atoms with van der Waals surface area (Å²) in [7, 11) is 0.